The van der Waals surface area contributed by atoms with Crippen LogP contribution >= 0.6 is 15.9 Å². The SMILES string of the molecule is CC(C)(C)OC(=O)COC1(c2ccc(Br)cc2)CCC2CC1CN2. The van der Waals surface area contributed by atoms with Crippen LogP contribution in [0.5, 0.6) is 0 Å². The summed E-state index contributed by atoms with van der Waals surface area (Å²) in [7, 11) is 0. The highest BCUT2D eigenvalue weighted by Crippen LogP contribution is 2.47. The van der Waals surface area contributed by atoms with Gasteiger partial charge in [0.05, 0.1) is 5.60 Å². The topological polar surface area (TPSA) is 47.6 Å². The Morgan fingerprint density at radius 1 is 1.33 bits per heavy atom. The molecule has 0 amide bonds. The van der Waals surface area contributed by atoms with E-state index in [1.807, 2.05) is 32.9 Å². The van der Waals surface area contributed by atoms with Gasteiger partial charge in [-0.25, -0.2) is 4.79 Å². The van der Waals surface area contributed by atoms with E-state index in [2.05, 4.69) is 33.4 Å². The van der Waals surface area contributed by atoms with Crippen molar-refractivity contribution >= 4 is 21.9 Å². The molecule has 3 atom stereocenters. The monoisotopic (exact) mass is 395 g/mol. The van der Waals surface area contributed by atoms with Gasteiger partial charge in [-0.15, -0.1) is 0 Å². The van der Waals surface area contributed by atoms with Crippen molar-refractivity contribution in [2.45, 2.75) is 57.3 Å². The maximum absolute atomic E-state index is 12.2. The summed E-state index contributed by atoms with van der Waals surface area (Å²) in [6, 6.07) is 8.89. The molecule has 1 aliphatic heterocycles. The minimum Gasteiger partial charge on any atom is -0.458 e. The van der Waals surface area contributed by atoms with Crippen molar-refractivity contribution in [1.29, 1.82) is 0 Å². The molecule has 1 aromatic carbocycles. The van der Waals surface area contributed by atoms with Crippen molar-refractivity contribution in [2.24, 2.45) is 5.92 Å². The van der Waals surface area contributed by atoms with E-state index in [-0.39, 0.29) is 12.6 Å². The van der Waals surface area contributed by atoms with Crippen LogP contribution in [0.3, 0.4) is 0 Å². The van der Waals surface area contributed by atoms with Gasteiger partial charge >= 0.3 is 5.97 Å². The molecule has 2 bridgehead atoms. The summed E-state index contributed by atoms with van der Waals surface area (Å²) in [4.78, 5) is 12.2. The molecule has 0 aromatic heterocycles. The number of esters is 1. The fourth-order valence-corrected chi connectivity index (χ4v) is 4.20. The summed E-state index contributed by atoms with van der Waals surface area (Å²) in [5.41, 5.74) is 0.261. The Labute approximate surface area is 152 Å². The molecular formula is C19H26BrNO3. The average Bonchev–Trinajstić information content (AvgIpc) is 2.90. The Balaban J connectivity index is 1.80. The predicted molar refractivity (Wildman–Crippen MR) is 96.7 cm³/mol. The number of carbonyl (C=O) groups excluding carboxylic acids is 1. The lowest BCUT2D eigenvalue weighted by Crippen LogP contribution is -2.43. The maximum atomic E-state index is 12.2. The second-order valence-electron chi connectivity index (χ2n) is 7.85. The summed E-state index contributed by atoms with van der Waals surface area (Å²) in [5, 5.41) is 3.57. The first kappa shape index (κ1) is 17.9. The molecule has 1 N–H and O–H groups in total. The highest BCUT2D eigenvalue weighted by Gasteiger charge is 2.49. The van der Waals surface area contributed by atoms with Crippen LogP contribution in [0.15, 0.2) is 28.7 Å². The van der Waals surface area contributed by atoms with Crippen LogP contribution in [0.1, 0.15) is 45.6 Å². The lowest BCUT2D eigenvalue weighted by atomic mass is 9.72. The summed E-state index contributed by atoms with van der Waals surface area (Å²) in [5.74, 6) is 0.0897. The Morgan fingerprint density at radius 3 is 2.71 bits per heavy atom. The number of rotatable bonds is 4. The maximum Gasteiger partial charge on any atom is 0.332 e. The lowest BCUT2D eigenvalue weighted by Gasteiger charge is -2.42. The van der Waals surface area contributed by atoms with Crippen molar-refractivity contribution in [2.75, 3.05) is 13.2 Å². The molecule has 24 heavy (non-hydrogen) atoms. The predicted octanol–water partition coefficient (Wildman–Crippen LogP) is 3.77. The molecule has 0 radical (unpaired) electrons. The molecular weight excluding hydrogens is 370 g/mol. The Kier molecular flexibility index (Phi) is 5.05. The third kappa shape index (κ3) is 3.84. The van der Waals surface area contributed by atoms with Gasteiger partial charge in [0.15, 0.2) is 0 Å². The second-order valence-corrected chi connectivity index (χ2v) is 8.76. The summed E-state index contributed by atoms with van der Waals surface area (Å²) in [6.07, 6.45) is 3.10. The van der Waals surface area contributed by atoms with E-state index in [4.69, 9.17) is 9.47 Å². The molecule has 1 saturated heterocycles. The average molecular weight is 396 g/mol. The Bertz CT molecular complexity index is 596. The zero-order valence-corrected chi connectivity index (χ0v) is 16.2. The highest BCUT2D eigenvalue weighted by molar-refractivity contribution is 9.10. The van der Waals surface area contributed by atoms with E-state index in [0.29, 0.717) is 12.0 Å². The molecule has 1 aliphatic carbocycles. The highest BCUT2D eigenvalue weighted by atomic mass is 79.9. The molecule has 0 spiro atoms. The van der Waals surface area contributed by atoms with Crippen molar-refractivity contribution in [1.82, 2.24) is 5.32 Å². The Morgan fingerprint density at radius 2 is 2.04 bits per heavy atom. The van der Waals surface area contributed by atoms with Gasteiger partial charge in [0, 0.05) is 23.0 Å². The number of ether oxygens (including phenoxy) is 2. The number of carbonyl (C=O) groups is 1. The van der Waals surface area contributed by atoms with Gasteiger partial charge in [0.2, 0.25) is 0 Å². The molecule has 4 nitrogen and oxygen atoms in total. The van der Waals surface area contributed by atoms with Crippen LogP contribution in [-0.2, 0) is 19.9 Å². The van der Waals surface area contributed by atoms with Crippen molar-refractivity contribution in [3.63, 3.8) is 0 Å². The minimum atomic E-state index is -0.488. The number of hydrogen-bond acceptors (Lipinski definition) is 4. The quantitative estimate of drug-likeness (QED) is 0.788. The zero-order valence-electron chi connectivity index (χ0n) is 14.6. The largest absolute Gasteiger partial charge is 0.458 e. The first-order valence-electron chi connectivity index (χ1n) is 8.64. The lowest BCUT2D eigenvalue weighted by molar-refractivity contribution is -0.174. The minimum absolute atomic E-state index is 0.00546. The van der Waals surface area contributed by atoms with Crippen LogP contribution in [0, 0.1) is 5.92 Å². The first-order chi connectivity index (χ1) is 11.3. The van der Waals surface area contributed by atoms with E-state index in [1.165, 1.54) is 0 Å². The molecule has 2 aliphatic rings. The zero-order chi connectivity index (χ0) is 17.4. The first-order valence-corrected chi connectivity index (χ1v) is 9.43. The van der Waals surface area contributed by atoms with Crippen LogP contribution in [0.25, 0.3) is 0 Å². The Hall–Kier alpha value is -0.910. The van der Waals surface area contributed by atoms with Crippen molar-refractivity contribution < 1.29 is 14.3 Å². The fraction of sp³-hybridized carbons (Fsp3) is 0.632. The number of nitrogens with one attached hydrogen (secondary N) is 1. The summed E-state index contributed by atoms with van der Waals surface area (Å²) in [6.45, 7) is 6.56. The van der Waals surface area contributed by atoms with E-state index in [0.717, 1.165) is 35.8 Å². The normalized spacial score (nSPS) is 29.5. The number of hydrogen-bond donors (Lipinski definition) is 1. The molecule has 3 rings (SSSR count). The van der Waals surface area contributed by atoms with Crippen LogP contribution in [0.4, 0.5) is 0 Å². The van der Waals surface area contributed by atoms with Crippen LogP contribution in [0.2, 0.25) is 0 Å². The van der Waals surface area contributed by atoms with Crippen LogP contribution < -0.4 is 5.32 Å². The fourth-order valence-electron chi connectivity index (χ4n) is 3.93. The van der Waals surface area contributed by atoms with Gasteiger partial charge in [0.25, 0.3) is 0 Å². The summed E-state index contributed by atoms with van der Waals surface area (Å²) < 4.78 is 12.8. The molecule has 1 saturated carbocycles. The molecule has 1 heterocycles. The van der Waals surface area contributed by atoms with E-state index < -0.39 is 11.2 Å². The summed E-state index contributed by atoms with van der Waals surface area (Å²) >= 11 is 3.50. The number of benzene rings is 1. The van der Waals surface area contributed by atoms with Gasteiger partial charge in [0.1, 0.15) is 12.2 Å². The molecule has 1 aromatic rings. The molecule has 132 valence electrons. The third-order valence-electron chi connectivity index (χ3n) is 4.95. The smallest absolute Gasteiger partial charge is 0.332 e. The molecule has 3 unspecified atom stereocenters. The van der Waals surface area contributed by atoms with Crippen LogP contribution in [-0.4, -0.2) is 30.8 Å². The van der Waals surface area contributed by atoms with Crippen molar-refractivity contribution in [3.05, 3.63) is 34.3 Å². The van der Waals surface area contributed by atoms with Gasteiger partial charge in [-0.1, -0.05) is 28.1 Å². The number of fused-ring (bicyclic) bond motifs is 2. The van der Waals surface area contributed by atoms with Crippen molar-refractivity contribution in [3.8, 4) is 0 Å². The standard InChI is InChI=1S/C19H26BrNO3/c1-18(2,3)24-17(22)12-23-19(13-4-6-15(20)7-5-13)9-8-16-10-14(19)11-21-16/h4-7,14,16,21H,8-12H2,1-3H3. The number of halogens is 1. The van der Waals surface area contributed by atoms with Gasteiger partial charge < -0.3 is 14.8 Å². The van der Waals surface area contributed by atoms with E-state index in [1.54, 1.807) is 0 Å². The van der Waals surface area contributed by atoms with E-state index >= 15 is 0 Å². The van der Waals surface area contributed by atoms with Gasteiger partial charge in [-0.2, -0.15) is 0 Å². The molecule has 2 fully saturated rings. The second kappa shape index (κ2) is 6.77. The van der Waals surface area contributed by atoms with E-state index in [9.17, 15) is 4.79 Å². The molecule has 5 heteroatoms. The van der Waals surface area contributed by atoms with Gasteiger partial charge in [-0.05, 0) is 57.7 Å². The third-order valence-corrected chi connectivity index (χ3v) is 5.47. The van der Waals surface area contributed by atoms with Gasteiger partial charge in [-0.3, -0.25) is 0 Å².